The van der Waals surface area contributed by atoms with Crippen molar-refractivity contribution in [2.45, 2.75) is 19.0 Å². The number of nitrogens with zero attached hydrogens (tertiary/aromatic N) is 1. The smallest absolute Gasteiger partial charge is 0.325 e. The summed E-state index contributed by atoms with van der Waals surface area (Å²) in [5.74, 6) is -0.576. The van der Waals surface area contributed by atoms with Crippen LogP contribution >= 0.6 is 11.6 Å². The molecular formula is C13H15ClN2O4S. The maximum Gasteiger partial charge on any atom is 0.325 e. The predicted molar refractivity (Wildman–Crippen MR) is 78.6 cm³/mol. The van der Waals surface area contributed by atoms with E-state index in [1.807, 2.05) is 0 Å². The van der Waals surface area contributed by atoms with Crippen LogP contribution in [-0.2, 0) is 21.2 Å². The summed E-state index contributed by atoms with van der Waals surface area (Å²) < 4.78 is 22.3. The van der Waals surface area contributed by atoms with E-state index in [1.165, 1.54) is 0 Å². The molecule has 6 nitrogen and oxygen atoms in total. The summed E-state index contributed by atoms with van der Waals surface area (Å²) in [6, 6.07) is 5.60. The molecule has 0 aromatic heterocycles. The van der Waals surface area contributed by atoms with Crippen molar-refractivity contribution in [2.75, 3.05) is 12.0 Å². The molecule has 21 heavy (non-hydrogen) atoms. The van der Waals surface area contributed by atoms with Crippen LogP contribution in [-0.4, -0.2) is 43.3 Å². The van der Waals surface area contributed by atoms with Gasteiger partial charge in [0.2, 0.25) is 0 Å². The van der Waals surface area contributed by atoms with Crippen molar-refractivity contribution in [1.29, 1.82) is 0 Å². The molecule has 0 saturated carbocycles. The maximum atomic E-state index is 12.2. The average Bonchev–Trinajstić information content (AvgIpc) is 2.65. The molecule has 0 spiro atoms. The fraction of sp³-hybridized carbons (Fsp3) is 0.385. The molecule has 1 aliphatic rings. The van der Waals surface area contributed by atoms with Crippen LogP contribution in [0.4, 0.5) is 4.79 Å². The number of halogens is 1. The molecule has 8 heteroatoms. The van der Waals surface area contributed by atoms with Gasteiger partial charge in [-0.3, -0.25) is 9.69 Å². The molecule has 1 aromatic rings. The van der Waals surface area contributed by atoms with Crippen molar-refractivity contribution >= 4 is 33.4 Å². The topological polar surface area (TPSA) is 83.6 Å². The van der Waals surface area contributed by atoms with E-state index in [1.54, 1.807) is 24.3 Å². The van der Waals surface area contributed by atoms with Crippen molar-refractivity contribution < 1.29 is 18.0 Å². The van der Waals surface area contributed by atoms with Crippen molar-refractivity contribution in [1.82, 2.24) is 10.2 Å². The molecule has 0 radical (unpaired) electrons. The highest BCUT2D eigenvalue weighted by Crippen LogP contribution is 2.20. The number of carbonyl (C=O) groups excluding carboxylic acids is 2. The molecule has 1 saturated heterocycles. The zero-order valence-corrected chi connectivity index (χ0v) is 12.9. The second-order valence-electron chi connectivity index (χ2n) is 4.94. The van der Waals surface area contributed by atoms with Gasteiger partial charge >= 0.3 is 6.03 Å². The third kappa shape index (κ3) is 3.95. The average molecular weight is 331 g/mol. The Morgan fingerprint density at radius 1 is 1.29 bits per heavy atom. The third-order valence-corrected chi connectivity index (χ3v) is 4.52. The summed E-state index contributed by atoms with van der Waals surface area (Å²) in [5.41, 5.74) is 0.659. The first-order valence-corrected chi connectivity index (χ1v) is 8.75. The third-order valence-electron chi connectivity index (χ3n) is 3.17. The highest BCUT2D eigenvalue weighted by atomic mass is 35.5. The molecule has 1 fully saturated rings. The van der Waals surface area contributed by atoms with Crippen molar-refractivity contribution in [3.63, 3.8) is 0 Å². The molecule has 2 rings (SSSR count). The van der Waals surface area contributed by atoms with E-state index in [9.17, 15) is 18.0 Å². The minimum atomic E-state index is -3.18. The van der Waals surface area contributed by atoms with Gasteiger partial charge in [-0.25, -0.2) is 13.2 Å². The second kappa shape index (κ2) is 6.03. The zero-order chi connectivity index (χ0) is 15.6. The van der Waals surface area contributed by atoms with Gasteiger partial charge in [0.1, 0.15) is 15.9 Å². The van der Waals surface area contributed by atoms with Crippen LogP contribution in [0.25, 0.3) is 0 Å². The fourth-order valence-corrected chi connectivity index (χ4v) is 2.91. The molecule has 0 aliphatic carbocycles. The minimum absolute atomic E-state index is 0.0692. The predicted octanol–water partition coefficient (Wildman–Crippen LogP) is 1.20. The van der Waals surface area contributed by atoms with E-state index < -0.39 is 27.8 Å². The molecule has 1 unspecified atom stereocenters. The molecule has 1 aliphatic heterocycles. The molecule has 1 N–H and O–H groups in total. The van der Waals surface area contributed by atoms with Gasteiger partial charge in [0.25, 0.3) is 5.91 Å². The Morgan fingerprint density at radius 3 is 2.57 bits per heavy atom. The molecular weight excluding hydrogens is 316 g/mol. The Bertz CT molecular complexity index is 675. The van der Waals surface area contributed by atoms with Crippen molar-refractivity contribution in [3.8, 4) is 0 Å². The lowest BCUT2D eigenvalue weighted by molar-refractivity contribution is -0.127. The van der Waals surface area contributed by atoms with Gasteiger partial charge in [0.05, 0.1) is 12.3 Å². The van der Waals surface area contributed by atoms with E-state index in [-0.39, 0.29) is 18.7 Å². The number of amides is 3. The van der Waals surface area contributed by atoms with Crippen LogP contribution in [0.15, 0.2) is 24.3 Å². The number of benzene rings is 1. The first-order valence-electron chi connectivity index (χ1n) is 6.31. The van der Waals surface area contributed by atoms with Gasteiger partial charge in [0.15, 0.2) is 0 Å². The van der Waals surface area contributed by atoms with Gasteiger partial charge < -0.3 is 5.32 Å². The molecule has 114 valence electrons. The Kier molecular flexibility index (Phi) is 4.53. The van der Waals surface area contributed by atoms with Gasteiger partial charge in [-0.1, -0.05) is 29.8 Å². The summed E-state index contributed by atoms with van der Waals surface area (Å²) in [5, 5.41) is 2.97. The number of carbonyl (C=O) groups is 2. The number of hydrogen-bond donors (Lipinski definition) is 1. The number of rotatable bonds is 5. The molecule has 3 amide bonds. The second-order valence-corrected chi connectivity index (χ2v) is 7.60. The van der Waals surface area contributed by atoms with Crippen LogP contribution in [0.3, 0.4) is 0 Å². The first-order chi connectivity index (χ1) is 9.78. The Balaban J connectivity index is 2.07. The number of sulfone groups is 1. The van der Waals surface area contributed by atoms with Crippen LogP contribution in [0.1, 0.15) is 12.0 Å². The van der Waals surface area contributed by atoms with Crippen LogP contribution in [0, 0.1) is 0 Å². The van der Waals surface area contributed by atoms with Gasteiger partial charge in [-0.15, -0.1) is 0 Å². The molecule has 0 bridgehead atoms. The van der Waals surface area contributed by atoms with Crippen molar-refractivity contribution in [3.05, 3.63) is 34.9 Å². The standard InChI is InChI=1S/C13H15ClN2O4S/c1-21(19,20)7-6-11-12(17)16(13(18)15-11)8-9-4-2-3-5-10(9)14/h2-5,11H,6-8H2,1H3,(H,15,18). The number of imide groups is 1. The van der Waals surface area contributed by atoms with Crippen LogP contribution < -0.4 is 5.32 Å². The normalized spacial score (nSPS) is 19.0. The van der Waals surface area contributed by atoms with Crippen LogP contribution in [0.5, 0.6) is 0 Å². The van der Waals surface area contributed by atoms with Gasteiger partial charge in [0, 0.05) is 11.3 Å². The van der Waals surface area contributed by atoms with E-state index >= 15 is 0 Å². The Labute approximate surface area is 128 Å². The van der Waals surface area contributed by atoms with Gasteiger partial charge in [-0.05, 0) is 18.1 Å². The summed E-state index contributed by atoms with van der Waals surface area (Å²) in [7, 11) is -3.18. The zero-order valence-electron chi connectivity index (χ0n) is 11.4. The lowest BCUT2D eigenvalue weighted by Crippen LogP contribution is -2.32. The molecule has 1 aromatic carbocycles. The van der Waals surface area contributed by atoms with E-state index in [0.29, 0.717) is 10.6 Å². The Morgan fingerprint density at radius 2 is 1.95 bits per heavy atom. The molecule has 1 heterocycles. The maximum absolute atomic E-state index is 12.2. The SMILES string of the molecule is CS(=O)(=O)CCC1NC(=O)N(Cc2ccccc2Cl)C1=O. The summed E-state index contributed by atoms with van der Waals surface area (Å²) in [6.07, 6.45) is 1.16. The number of hydrogen-bond acceptors (Lipinski definition) is 4. The minimum Gasteiger partial charge on any atom is -0.326 e. The van der Waals surface area contributed by atoms with Crippen LogP contribution in [0.2, 0.25) is 5.02 Å². The monoisotopic (exact) mass is 330 g/mol. The molecule has 1 atom stereocenters. The fourth-order valence-electron chi connectivity index (χ4n) is 2.05. The lowest BCUT2D eigenvalue weighted by Gasteiger charge is -2.14. The summed E-state index contributed by atoms with van der Waals surface area (Å²) in [6.45, 7) is 0.0692. The largest absolute Gasteiger partial charge is 0.326 e. The highest BCUT2D eigenvalue weighted by Gasteiger charge is 2.38. The lowest BCUT2D eigenvalue weighted by atomic mass is 10.2. The van der Waals surface area contributed by atoms with E-state index in [4.69, 9.17) is 11.6 Å². The first kappa shape index (κ1) is 15.8. The van der Waals surface area contributed by atoms with Gasteiger partial charge in [-0.2, -0.15) is 0 Å². The Hall–Kier alpha value is -1.60. The quantitative estimate of drug-likeness (QED) is 0.822. The summed E-state index contributed by atoms with van der Waals surface area (Å²) >= 11 is 6.01. The van der Waals surface area contributed by atoms with Crippen molar-refractivity contribution in [2.24, 2.45) is 0 Å². The van der Waals surface area contributed by atoms with E-state index in [2.05, 4.69) is 5.32 Å². The van der Waals surface area contributed by atoms with E-state index in [0.717, 1.165) is 11.2 Å². The number of nitrogens with one attached hydrogen (secondary N) is 1. The highest BCUT2D eigenvalue weighted by molar-refractivity contribution is 7.90. The number of urea groups is 1. The summed E-state index contributed by atoms with van der Waals surface area (Å²) in [4.78, 5) is 25.0.